The number of hydrogen-bond donors (Lipinski definition) is 1. The molecule has 1 aliphatic rings. The molecule has 0 spiro atoms. The highest BCUT2D eigenvalue weighted by Crippen LogP contribution is 2.35. The first kappa shape index (κ1) is 21.5. The number of carbonyl (C=O) groups excluding carboxylic acids is 1. The molecule has 0 saturated carbocycles. The van der Waals surface area contributed by atoms with Gasteiger partial charge in [-0.3, -0.25) is 4.79 Å². The topological polar surface area (TPSA) is 34.0 Å². The molecule has 0 fully saturated rings. The fourth-order valence-corrected chi connectivity index (χ4v) is 3.92. The minimum atomic E-state index is 0.243. The van der Waals surface area contributed by atoms with Crippen molar-refractivity contribution in [2.45, 2.75) is 91.0 Å². The fraction of sp³-hybridized carbons (Fsp3) is 0.625. The van der Waals surface area contributed by atoms with Crippen LogP contribution in [-0.2, 0) is 23.2 Å². The quantitative estimate of drug-likeness (QED) is 0.450. The van der Waals surface area contributed by atoms with Crippen LogP contribution < -0.4 is 5.32 Å². The van der Waals surface area contributed by atoms with E-state index in [-0.39, 0.29) is 5.41 Å². The highest BCUT2D eigenvalue weighted by molar-refractivity contribution is 5.88. The Labute approximate surface area is 165 Å². The molecule has 0 aliphatic carbocycles. The van der Waals surface area contributed by atoms with Crippen molar-refractivity contribution in [1.29, 1.82) is 0 Å². The lowest BCUT2D eigenvalue weighted by molar-refractivity contribution is -0.109. The molecule has 3 rings (SSSR count). The molecule has 0 saturated heterocycles. The Kier molecular flexibility index (Phi) is 8.40. The van der Waals surface area contributed by atoms with Gasteiger partial charge in [0.05, 0.1) is 5.52 Å². The Morgan fingerprint density at radius 2 is 1.85 bits per heavy atom. The number of carbonyl (C=O) groups is 1. The van der Waals surface area contributed by atoms with E-state index < -0.39 is 0 Å². The molecule has 3 heteroatoms. The average molecular weight is 371 g/mol. The minimum absolute atomic E-state index is 0.243. The van der Waals surface area contributed by atoms with E-state index in [1.54, 1.807) is 0 Å². The summed E-state index contributed by atoms with van der Waals surface area (Å²) in [7, 11) is 0. The van der Waals surface area contributed by atoms with Crippen LogP contribution in [0.25, 0.3) is 10.9 Å². The summed E-state index contributed by atoms with van der Waals surface area (Å²) in [5.74, 6) is 0. The molecule has 1 amide bonds. The molecule has 0 bridgehead atoms. The second kappa shape index (κ2) is 10.5. The van der Waals surface area contributed by atoms with Crippen molar-refractivity contribution in [2.75, 3.05) is 6.54 Å². The molecule has 1 aliphatic heterocycles. The summed E-state index contributed by atoms with van der Waals surface area (Å²) < 4.78 is 2.45. The van der Waals surface area contributed by atoms with Crippen molar-refractivity contribution in [3.8, 4) is 0 Å². The van der Waals surface area contributed by atoms with Gasteiger partial charge in [0.2, 0.25) is 6.41 Å². The number of amides is 1. The summed E-state index contributed by atoms with van der Waals surface area (Å²) in [6.45, 7) is 11.1. The summed E-state index contributed by atoms with van der Waals surface area (Å²) in [5.41, 5.74) is 4.75. The molecule has 0 unspecified atom stereocenters. The zero-order valence-corrected chi connectivity index (χ0v) is 17.8. The van der Waals surface area contributed by atoms with Crippen molar-refractivity contribution in [3.05, 3.63) is 35.5 Å². The van der Waals surface area contributed by atoms with E-state index in [1.165, 1.54) is 73.5 Å². The SMILES string of the molecule is CC(C)(C)c1cn2c3c(cccc13)CCC2.CCCCCCCCNC=O. The lowest BCUT2D eigenvalue weighted by atomic mass is 9.86. The average Bonchev–Trinajstić information content (AvgIpc) is 3.03. The van der Waals surface area contributed by atoms with Crippen molar-refractivity contribution in [2.24, 2.45) is 0 Å². The van der Waals surface area contributed by atoms with Gasteiger partial charge in [-0.05, 0) is 35.8 Å². The van der Waals surface area contributed by atoms with Gasteiger partial charge in [0, 0.05) is 24.7 Å². The number of hydrogen-bond acceptors (Lipinski definition) is 1. The van der Waals surface area contributed by atoms with E-state index in [0.717, 1.165) is 19.4 Å². The first-order chi connectivity index (χ1) is 13.0. The maximum atomic E-state index is 9.83. The third-order valence-corrected chi connectivity index (χ3v) is 5.39. The number of nitrogens with one attached hydrogen (secondary N) is 1. The highest BCUT2D eigenvalue weighted by atomic mass is 16.1. The molecule has 2 heterocycles. The lowest BCUT2D eigenvalue weighted by Gasteiger charge is -2.17. The zero-order chi connectivity index (χ0) is 19.7. The molecule has 3 nitrogen and oxygen atoms in total. The number of para-hydroxylation sites is 1. The molecule has 27 heavy (non-hydrogen) atoms. The number of aryl methyl sites for hydroxylation is 2. The minimum Gasteiger partial charge on any atom is -0.359 e. The summed E-state index contributed by atoms with van der Waals surface area (Å²) in [6, 6.07) is 6.77. The van der Waals surface area contributed by atoms with Gasteiger partial charge in [-0.2, -0.15) is 0 Å². The number of benzene rings is 1. The van der Waals surface area contributed by atoms with Gasteiger partial charge in [-0.15, -0.1) is 0 Å². The molecule has 0 radical (unpaired) electrons. The third kappa shape index (κ3) is 6.12. The number of nitrogens with zero attached hydrogens (tertiary/aromatic N) is 1. The number of rotatable bonds is 8. The number of aromatic nitrogens is 1. The second-order valence-corrected chi connectivity index (χ2v) is 8.74. The third-order valence-electron chi connectivity index (χ3n) is 5.39. The van der Waals surface area contributed by atoms with E-state index in [1.807, 2.05) is 0 Å². The first-order valence-electron chi connectivity index (χ1n) is 10.8. The molecule has 1 aromatic carbocycles. The molecular weight excluding hydrogens is 332 g/mol. The molecular formula is C24H38N2O. The summed E-state index contributed by atoms with van der Waals surface area (Å²) in [4.78, 5) is 9.83. The van der Waals surface area contributed by atoms with Crippen molar-refractivity contribution < 1.29 is 4.79 Å². The zero-order valence-electron chi connectivity index (χ0n) is 17.8. The van der Waals surface area contributed by atoms with Crippen LogP contribution in [0.4, 0.5) is 0 Å². The predicted molar refractivity (Wildman–Crippen MR) is 116 cm³/mol. The number of unbranched alkanes of at least 4 members (excludes halogenated alkanes) is 5. The molecule has 150 valence electrons. The van der Waals surface area contributed by atoms with Crippen LogP contribution in [0, 0.1) is 0 Å². The summed E-state index contributed by atoms with van der Waals surface area (Å²) in [6.07, 6.45) is 13.3. The Morgan fingerprint density at radius 1 is 1.11 bits per heavy atom. The Hall–Kier alpha value is -1.77. The predicted octanol–water partition coefficient (Wildman–Crippen LogP) is 5.98. The van der Waals surface area contributed by atoms with E-state index in [9.17, 15) is 4.79 Å². The maximum Gasteiger partial charge on any atom is 0.207 e. The van der Waals surface area contributed by atoms with Crippen LogP contribution in [-0.4, -0.2) is 17.5 Å². The molecule has 1 N–H and O–H groups in total. The van der Waals surface area contributed by atoms with E-state index in [4.69, 9.17) is 0 Å². The van der Waals surface area contributed by atoms with Crippen molar-refractivity contribution in [3.63, 3.8) is 0 Å². The molecule has 2 aromatic rings. The molecule has 0 atom stereocenters. The van der Waals surface area contributed by atoms with Gasteiger partial charge in [-0.1, -0.05) is 78.0 Å². The van der Waals surface area contributed by atoms with Gasteiger partial charge in [-0.25, -0.2) is 0 Å². The smallest absolute Gasteiger partial charge is 0.207 e. The van der Waals surface area contributed by atoms with Gasteiger partial charge in [0.15, 0.2) is 0 Å². The van der Waals surface area contributed by atoms with E-state index in [2.05, 4.69) is 62.0 Å². The summed E-state index contributed by atoms with van der Waals surface area (Å²) in [5, 5.41) is 4.12. The van der Waals surface area contributed by atoms with E-state index >= 15 is 0 Å². The highest BCUT2D eigenvalue weighted by Gasteiger charge is 2.22. The maximum absolute atomic E-state index is 9.83. The summed E-state index contributed by atoms with van der Waals surface area (Å²) >= 11 is 0. The second-order valence-electron chi connectivity index (χ2n) is 8.74. The fourth-order valence-electron chi connectivity index (χ4n) is 3.92. The van der Waals surface area contributed by atoms with Crippen molar-refractivity contribution in [1.82, 2.24) is 9.88 Å². The van der Waals surface area contributed by atoms with Crippen molar-refractivity contribution >= 4 is 17.3 Å². The van der Waals surface area contributed by atoms with Crippen LogP contribution in [0.2, 0.25) is 0 Å². The van der Waals surface area contributed by atoms with Crippen LogP contribution in [0.15, 0.2) is 24.4 Å². The van der Waals surface area contributed by atoms with E-state index in [0.29, 0.717) is 0 Å². The van der Waals surface area contributed by atoms with Gasteiger partial charge >= 0.3 is 0 Å². The Morgan fingerprint density at radius 3 is 2.56 bits per heavy atom. The van der Waals surface area contributed by atoms with Crippen LogP contribution >= 0.6 is 0 Å². The van der Waals surface area contributed by atoms with Crippen LogP contribution in [0.3, 0.4) is 0 Å². The Bertz CT molecular complexity index is 709. The van der Waals surface area contributed by atoms with Crippen LogP contribution in [0.5, 0.6) is 0 Å². The first-order valence-corrected chi connectivity index (χ1v) is 10.8. The Balaban J connectivity index is 0.000000211. The van der Waals surface area contributed by atoms with Gasteiger partial charge < -0.3 is 9.88 Å². The van der Waals surface area contributed by atoms with Gasteiger partial charge in [0.25, 0.3) is 0 Å². The molecule has 1 aromatic heterocycles. The normalized spacial score (nSPS) is 13.2. The lowest BCUT2D eigenvalue weighted by Crippen LogP contribution is -2.11. The van der Waals surface area contributed by atoms with Crippen LogP contribution in [0.1, 0.15) is 83.8 Å². The largest absolute Gasteiger partial charge is 0.359 e. The monoisotopic (exact) mass is 370 g/mol. The standard InChI is InChI=1S/C15H19N.C9H19NO/c1-15(2,3)13-10-16-9-5-7-11-6-4-8-12(13)14(11)16;1-2-3-4-5-6-7-8-10-9-11/h4,6,8,10H,5,7,9H2,1-3H3;9H,2-8H2,1H3,(H,10,11). The van der Waals surface area contributed by atoms with Gasteiger partial charge in [0.1, 0.15) is 0 Å².